The summed E-state index contributed by atoms with van der Waals surface area (Å²) in [6, 6.07) is 18.1. The number of piperazine rings is 1. The molecule has 0 saturated carbocycles. The van der Waals surface area contributed by atoms with E-state index in [0.29, 0.717) is 62.8 Å². The van der Waals surface area contributed by atoms with Gasteiger partial charge in [0.15, 0.2) is 5.82 Å². The van der Waals surface area contributed by atoms with E-state index in [1.165, 1.54) is 11.0 Å². The summed E-state index contributed by atoms with van der Waals surface area (Å²) in [6.07, 6.45) is 0.652. The molecule has 9 rings (SSSR count). The molecule has 3 saturated heterocycles. The molecule has 22 heteroatoms. The van der Waals surface area contributed by atoms with E-state index in [1.54, 1.807) is 23.5 Å². The van der Waals surface area contributed by atoms with E-state index in [0.717, 1.165) is 71.5 Å². The Hall–Kier alpha value is -6.14. The van der Waals surface area contributed by atoms with Crippen LogP contribution >= 0.6 is 22.9 Å². The van der Waals surface area contributed by atoms with Crippen LogP contribution in [0.1, 0.15) is 71.2 Å². The third-order valence-corrected chi connectivity index (χ3v) is 16.6. The zero-order valence-electron chi connectivity index (χ0n) is 48.1. The minimum absolute atomic E-state index is 0.00103. The van der Waals surface area contributed by atoms with Crippen LogP contribution in [0.3, 0.4) is 0 Å². The third-order valence-electron chi connectivity index (χ3n) is 15.3. The van der Waals surface area contributed by atoms with Crippen LogP contribution in [0.5, 0.6) is 11.8 Å². The van der Waals surface area contributed by atoms with Gasteiger partial charge in [-0.1, -0.05) is 80.9 Å². The molecule has 19 nitrogen and oxygen atoms in total. The number of likely N-dealkylation sites (tertiary alicyclic amines) is 2. The van der Waals surface area contributed by atoms with Crippen LogP contribution < -0.4 is 25.6 Å². The van der Waals surface area contributed by atoms with E-state index in [-0.39, 0.29) is 84.8 Å². The van der Waals surface area contributed by atoms with E-state index in [9.17, 15) is 24.6 Å². The summed E-state index contributed by atoms with van der Waals surface area (Å²) in [6.45, 7) is 17.9. The normalized spacial score (nSPS) is 18.4. The van der Waals surface area contributed by atoms with Crippen molar-refractivity contribution < 1.29 is 52.7 Å². The lowest BCUT2D eigenvalue weighted by atomic mass is 9.85. The molecule has 6 aromatic rings. The van der Waals surface area contributed by atoms with Gasteiger partial charge in [-0.15, -0.1) is 11.3 Å². The summed E-state index contributed by atoms with van der Waals surface area (Å²) in [5.74, 6) is -1.38. The summed E-state index contributed by atoms with van der Waals surface area (Å²) >= 11 is 8.47. The highest BCUT2D eigenvalue weighted by Crippen LogP contribution is 2.43. The first kappa shape index (κ1) is 61.4. The molecule has 5 heterocycles. The Labute approximate surface area is 493 Å². The van der Waals surface area contributed by atoms with E-state index >= 15 is 4.39 Å². The van der Waals surface area contributed by atoms with E-state index in [4.69, 9.17) is 40.3 Å². The first-order valence-electron chi connectivity index (χ1n) is 28.6. The fourth-order valence-corrected chi connectivity index (χ4v) is 12.1. The Morgan fingerprint density at radius 1 is 0.892 bits per heavy atom. The lowest BCUT2D eigenvalue weighted by Crippen LogP contribution is -2.58. The number of fused-ring (bicyclic) bond motifs is 2. The number of phenolic OH excluding ortho intramolecular Hbond substituents is 1. The summed E-state index contributed by atoms with van der Waals surface area (Å²) in [4.78, 5) is 61.6. The zero-order valence-corrected chi connectivity index (χ0v) is 49.7. The molecule has 446 valence electrons. The number of β-amino-alcohol motifs (C(OH)–C–C–N with tert-alkyl or cyclic N) is 1. The first-order valence-corrected chi connectivity index (χ1v) is 29.9. The largest absolute Gasteiger partial charge is 0.508 e. The molecule has 5 atom stereocenters. The predicted molar refractivity (Wildman–Crippen MR) is 319 cm³/mol. The first-order chi connectivity index (χ1) is 39.9. The van der Waals surface area contributed by atoms with Crippen molar-refractivity contribution in [3.05, 3.63) is 94.3 Å². The Bertz CT molecular complexity index is 3190. The molecule has 5 N–H and O–H groups in total. The molecule has 3 aliphatic rings. The third kappa shape index (κ3) is 15.6. The number of aryl methyl sites for hydroxylation is 1. The van der Waals surface area contributed by atoms with Crippen LogP contribution in [-0.2, 0) is 33.3 Å². The van der Waals surface area contributed by atoms with Gasteiger partial charge < -0.3 is 59.6 Å². The molecule has 3 fully saturated rings. The fourth-order valence-electron chi connectivity index (χ4n) is 11.0. The van der Waals surface area contributed by atoms with Gasteiger partial charge >= 0.3 is 6.01 Å². The van der Waals surface area contributed by atoms with Crippen molar-refractivity contribution >= 4 is 68.2 Å². The number of carbonyl (C=O) groups excluding carboxylic acids is 3. The number of ether oxygens (including phenoxy) is 5. The number of aromatic hydroxyl groups is 1. The molecule has 0 bridgehead atoms. The fraction of sp³-hybridized carbons (Fsp3) is 0.508. The van der Waals surface area contributed by atoms with E-state index in [2.05, 4.69) is 35.7 Å². The van der Waals surface area contributed by atoms with Crippen molar-refractivity contribution in [3.8, 4) is 33.3 Å². The van der Waals surface area contributed by atoms with Gasteiger partial charge in [0.05, 0.1) is 79.0 Å². The predicted octanol–water partition coefficient (Wildman–Crippen LogP) is 7.46. The Morgan fingerprint density at radius 3 is 2.29 bits per heavy atom. The number of carbonyl (C=O) groups is 3. The van der Waals surface area contributed by atoms with E-state index in [1.807, 2.05) is 95.6 Å². The van der Waals surface area contributed by atoms with Crippen LogP contribution in [0.25, 0.3) is 43.2 Å². The zero-order chi connectivity index (χ0) is 58.8. The van der Waals surface area contributed by atoms with Crippen molar-refractivity contribution in [2.45, 2.75) is 97.2 Å². The Morgan fingerprint density at radius 2 is 1.59 bits per heavy atom. The molecule has 3 aliphatic heterocycles. The molecule has 0 spiro atoms. The van der Waals surface area contributed by atoms with Crippen molar-refractivity contribution in [1.82, 2.24) is 40.7 Å². The van der Waals surface area contributed by atoms with Crippen LogP contribution in [0.15, 0.2) is 72.2 Å². The SMILES string of the molecule is Cc1ncsc1-c1ccc(C(C)NC(=O)[C@@H]2C[C@@H](O)CN2C(=O)C(NC(=O)COCCOCCOCCOC2CCN(CC(C)Oc3nc(N4CCNCC4)c4cc(Cl)c(-c5cc(O)cc6ccccc56)c(F)c4n3)CC2)C(C)(C)C)cc1. The molecule has 83 heavy (non-hydrogen) atoms. The number of anilines is 1. The highest BCUT2D eigenvalue weighted by Gasteiger charge is 2.45. The maximum atomic E-state index is 17.0. The second-order valence-corrected chi connectivity index (χ2v) is 23.9. The second-order valence-electron chi connectivity index (χ2n) is 22.7. The van der Waals surface area contributed by atoms with Gasteiger partial charge in [-0.2, -0.15) is 9.97 Å². The summed E-state index contributed by atoms with van der Waals surface area (Å²) in [5, 5.41) is 32.7. The molecule has 2 aromatic heterocycles. The minimum Gasteiger partial charge on any atom is -0.508 e. The molecule has 3 amide bonds. The number of hydrogen-bond donors (Lipinski definition) is 5. The minimum atomic E-state index is -0.983. The summed E-state index contributed by atoms with van der Waals surface area (Å²) < 4.78 is 46.5. The van der Waals surface area contributed by atoms with Gasteiger partial charge in [0.2, 0.25) is 17.7 Å². The van der Waals surface area contributed by atoms with Gasteiger partial charge in [0, 0.05) is 69.7 Å². The number of nitrogens with one attached hydrogen (secondary N) is 3. The standard InChI is InChI=1S/C61H77ClFN9O10S/c1-37(82-60-68-54-48(57(69-60)71-21-17-64-18-22-71)32-49(62)52(53(54)63)47-30-43(73)29-42-9-7-8-10-46(42)47)33-70-19-15-45(16-20-70)81-28-27-79-24-23-78-25-26-80-35-51(75)67-56(61(4,5)6)59(77)72-34-44(74)31-50(72)58(76)66-38(2)40-11-13-41(14-12-40)55-39(3)65-36-83-55/h7-14,29-30,32,36-38,44-45,50,56,64,73-74H,15-28,31,33-35H2,1-6H3,(H,66,76)(H,67,75)/t37?,38?,44-,50+,56?/m1/s1. The molecule has 0 aliphatic carbocycles. The van der Waals surface area contributed by atoms with Crippen molar-refractivity contribution in [2.75, 3.05) is 104 Å². The summed E-state index contributed by atoms with van der Waals surface area (Å²) in [5.41, 5.74) is 4.70. The number of aliphatic hydroxyl groups excluding tert-OH is 1. The van der Waals surface area contributed by atoms with Crippen LogP contribution in [-0.4, -0.2) is 182 Å². The average molecular weight is 1180 g/mol. The maximum absolute atomic E-state index is 17.0. The number of aliphatic hydroxyl groups is 1. The molecule has 4 aromatic carbocycles. The van der Waals surface area contributed by atoms with E-state index < -0.39 is 41.2 Å². The number of piperidine rings is 1. The Balaban J connectivity index is 0.655. The van der Waals surface area contributed by atoms with Crippen molar-refractivity contribution in [2.24, 2.45) is 5.41 Å². The average Bonchev–Trinajstić information content (AvgIpc) is 3.24. The van der Waals surface area contributed by atoms with Gasteiger partial charge in [-0.05, 0) is 84.7 Å². The van der Waals surface area contributed by atoms with Crippen molar-refractivity contribution in [1.29, 1.82) is 0 Å². The number of halogens is 2. The molecule has 3 unspecified atom stereocenters. The van der Waals surface area contributed by atoms with Crippen molar-refractivity contribution in [3.63, 3.8) is 0 Å². The van der Waals surface area contributed by atoms with Gasteiger partial charge in [-0.25, -0.2) is 9.37 Å². The topological polar surface area (TPSA) is 222 Å². The van der Waals surface area contributed by atoms with Crippen LogP contribution in [0.2, 0.25) is 5.02 Å². The summed E-state index contributed by atoms with van der Waals surface area (Å²) in [7, 11) is 0. The number of nitrogens with zero attached hydrogens (tertiary/aromatic N) is 6. The molecular formula is C61H77ClFN9O10S. The number of benzene rings is 4. The van der Waals surface area contributed by atoms with Gasteiger partial charge in [0.25, 0.3) is 0 Å². The van der Waals surface area contributed by atoms with Crippen LogP contribution in [0, 0.1) is 18.2 Å². The molecular weight excluding hydrogens is 1110 g/mol. The maximum Gasteiger partial charge on any atom is 0.319 e. The lowest BCUT2D eigenvalue weighted by molar-refractivity contribution is -0.144. The smallest absolute Gasteiger partial charge is 0.319 e. The number of rotatable bonds is 24. The van der Waals surface area contributed by atoms with Gasteiger partial charge in [0.1, 0.15) is 41.9 Å². The quantitative estimate of drug-likeness (QED) is 0.0371. The number of phenols is 1. The second kappa shape index (κ2) is 28.2. The Kier molecular flexibility index (Phi) is 20.8. The number of hydrogen-bond acceptors (Lipinski definition) is 17. The highest BCUT2D eigenvalue weighted by atomic mass is 35.5. The number of thiazole rings is 1. The number of amides is 3. The van der Waals surface area contributed by atoms with Gasteiger partial charge in [-0.3, -0.25) is 19.3 Å². The molecule has 0 radical (unpaired) electrons. The van der Waals surface area contributed by atoms with Crippen LogP contribution in [0.4, 0.5) is 10.2 Å². The lowest BCUT2D eigenvalue weighted by Gasteiger charge is -2.35. The number of aromatic nitrogens is 3. The highest BCUT2D eigenvalue weighted by molar-refractivity contribution is 7.13. The monoisotopic (exact) mass is 1180 g/mol.